The lowest BCUT2D eigenvalue weighted by atomic mass is 10.0. The second-order valence-corrected chi connectivity index (χ2v) is 6.37. The van der Waals surface area contributed by atoms with Crippen molar-refractivity contribution in [3.8, 4) is 0 Å². The van der Waals surface area contributed by atoms with Crippen LogP contribution in [0.4, 0.5) is 5.69 Å². The average Bonchev–Trinajstić information content (AvgIpc) is 2.93. The SMILES string of the molecule is O=[N+]([O-])c1cc(CNCCCC2CCCC2)ccc1Br. The van der Waals surface area contributed by atoms with Crippen LogP contribution in [0, 0.1) is 16.0 Å². The number of nitrogens with zero attached hydrogens (tertiary/aromatic N) is 1. The van der Waals surface area contributed by atoms with Crippen molar-refractivity contribution in [2.24, 2.45) is 5.92 Å². The second kappa shape index (κ2) is 7.74. The number of benzene rings is 1. The predicted octanol–water partition coefficient (Wildman–Crippen LogP) is 4.42. The first-order chi connectivity index (χ1) is 9.66. The van der Waals surface area contributed by atoms with Crippen molar-refractivity contribution in [3.63, 3.8) is 0 Å². The molecule has 0 atom stereocenters. The molecule has 0 spiro atoms. The zero-order chi connectivity index (χ0) is 14.4. The molecule has 1 saturated carbocycles. The van der Waals surface area contributed by atoms with Crippen LogP contribution in [0.5, 0.6) is 0 Å². The van der Waals surface area contributed by atoms with Crippen LogP contribution in [0.3, 0.4) is 0 Å². The summed E-state index contributed by atoms with van der Waals surface area (Å²) in [5, 5.41) is 14.2. The van der Waals surface area contributed by atoms with E-state index in [4.69, 9.17) is 0 Å². The Kier molecular flexibility index (Phi) is 5.98. The molecule has 4 nitrogen and oxygen atoms in total. The summed E-state index contributed by atoms with van der Waals surface area (Å²) >= 11 is 3.20. The molecule has 1 aromatic carbocycles. The molecule has 1 aromatic rings. The van der Waals surface area contributed by atoms with Crippen LogP contribution in [0.25, 0.3) is 0 Å². The predicted molar refractivity (Wildman–Crippen MR) is 83.7 cm³/mol. The van der Waals surface area contributed by atoms with Gasteiger partial charge in [-0.25, -0.2) is 0 Å². The fourth-order valence-corrected chi connectivity index (χ4v) is 3.25. The highest BCUT2D eigenvalue weighted by Crippen LogP contribution is 2.28. The number of rotatable bonds is 7. The van der Waals surface area contributed by atoms with E-state index in [2.05, 4.69) is 21.2 Å². The largest absolute Gasteiger partial charge is 0.313 e. The van der Waals surface area contributed by atoms with Gasteiger partial charge in [0.15, 0.2) is 0 Å². The molecule has 0 radical (unpaired) electrons. The summed E-state index contributed by atoms with van der Waals surface area (Å²) in [5.41, 5.74) is 1.09. The highest BCUT2D eigenvalue weighted by atomic mass is 79.9. The third kappa shape index (κ3) is 4.56. The fourth-order valence-electron chi connectivity index (χ4n) is 2.86. The minimum absolute atomic E-state index is 0.134. The molecule has 1 aliphatic rings. The number of hydrogen-bond acceptors (Lipinski definition) is 3. The van der Waals surface area contributed by atoms with Gasteiger partial charge in [-0.1, -0.05) is 31.7 Å². The van der Waals surface area contributed by atoms with E-state index in [0.717, 1.165) is 18.0 Å². The minimum Gasteiger partial charge on any atom is -0.313 e. The zero-order valence-electron chi connectivity index (χ0n) is 11.6. The Labute approximate surface area is 128 Å². The van der Waals surface area contributed by atoms with Crippen LogP contribution < -0.4 is 5.32 Å². The molecule has 1 aliphatic carbocycles. The quantitative estimate of drug-likeness (QED) is 0.454. The third-order valence-corrected chi connectivity index (χ3v) is 4.65. The molecule has 2 rings (SSSR count). The van der Waals surface area contributed by atoms with Crippen LogP contribution in [-0.4, -0.2) is 11.5 Å². The Morgan fingerprint density at radius 1 is 1.35 bits per heavy atom. The van der Waals surface area contributed by atoms with E-state index in [1.54, 1.807) is 12.1 Å². The molecular formula is C15H21BrN2O2. The van der Waals surface area contributed by atoms with Crippen molar-refractivity contribution in [1.82, 2.24) is 5.32 Å². The van der Waals surface area contributed by atoms with E-state index >= 15 is 0 Å². The standard InChI is InChI=1S/C15H21BrN2O2/c16-14-8-7-13(10-15(14)18(19)20)11-17-9-3-6-12-4-1-2-5-12/h7-8,10,12,17H,1-6,9,11H2. The summed E-state index contributed by atoms with van der Waals surface area (Å²) in [5.74, 6) is 0.936. The van der Waals surface area contributed by atoms with Crippen LogP contribution in [0.2, 0.25) is 0 Å². The molecular weight excluding hydrogens is 320 g/mol. The first-order valence-electron chi connectivity index (χ1n) is 7.30. The molecule has 0 heterocycles. The van der Waals surface area contributed by atoms with Gasteiger partial charge in [0.2, 0.25) is 0 Å². The van der Waals surface area contributed by atoms with Crippen molar-refractivity contribution in [2.45, 2.75) is 45.1 Å². The topological polar surface area (TPSA) is 55.2 Å². The maximum absolute atomic E-state index is 10.9. The van der Waals surface area contributed by atoms with Gasteiger partial charge in [-0.3, -0.25) is 10.1 Å². The number of hydrogen-bond donors (Lipinski definition) is 1. The van der Waals surface area contributed by atoms with Crippen molar-refractivity contribution in [2.75, 3.05) is 6.54 Å². The third-order valence-electron chi connectivity index (χ3n) is 3.98. The molecule has 0 unspecified atom stereocenters. The van der Waals surface area contributed by atoms with Crippen molar-refractivity contribution >= 4 is 21.6 Å². The second-order valence-electron chi connectivity index (χ2n) is 5.51. The van der Waals surface area contributed by atoms with Gasteiger partial charge in [0.25, 0.3) is 5.69 Å². The maximum atomic E-state index is 10.9. The average molecular weight is 341 g/mol. The minimum atomic E-state index is -0.353. The van der Waals surface area contributed by atoms with Gasteiger partial charge in [0.05, 0.1) is 9.40 Å². The van der Waals surface area contributed by atoms with Gasteiger partial charge >= 0.3 is 0 Å². The van der Waals surface area contributed by atoms with Gasteiger partial charge < -0.3 is 5.32 Å². The van der Waals surface area contributed by atoms with E-state index < -0.39 is 0 Å². The number of nitro benzene ring substituents is 1. The lowest BCUT2D eigenvalue weighted by Crippen LogP contribution is -2.15. The molecule has 0 aliphatic heterocycles. The van der Waals surface area contributed by atoms with E-state index in [-0.39, 0.29) is 10.6 Å². The van der Waals surface area contributed by atoms with E-state index in [0.29, 0.717) is 11.0 Å². The first kappa shape index (κ1) is 15.4. The Morgan fingerprint density at radius 2 is 2.10 bits per heavy atom. The molecule has 0 amide bonds. The summed E-state index contributed by atoms with van der Waals surface area (Å²) in [7, 11) is 0. The van der Waals surface area contributed by atoms with Crippen LogP contribution >= 0.6 is 15.9 Å². The lowest BCUT2D eigenvalue weighted by molar-refractivity contribution is -0.385. The molecule has 1 fully saturated rings. The summed E-state index contributed by atoms with van der Waals surface area (Å²) in [6.45, 7) is 1.68. The van der Waals surface area contributed by atoms with E-state index in [1.165, 1.54) is 38.5 Å². The monoisotopic (exact) mass is 340 g/mol. The number of halogens is 1. The highest BCUT2D eigenvalue weighted by Gasteiger charge is 2.14. The number of nitro groups is 1. The van der Waals surface area contributed by atoms with Gasteiger partial charge in [-0.05, 0) is 52.9 Å². The highest BCUT2D eigenvalue weighted by molar-refractivity contribution is 9.10. The molecule has 1 N–H and O–H groups in total. The lowest BCUT2D eigenvalue weighted by Gasteiger charge is -2.09. The Morgan fingerprint density at radius 3 is 2.80 bits per heavy atom. The van der Waals surface area contributed by atoms with E-state index in [9.17, 15) is 10.1 Å². The molecule has 0 aromatic heterocycles. The van der Waals surface area contributed by atoms with Gasteiger partial charge in [-0.15, -0.1) is 0 Å². The summed E-state index contributed by atoms with van der Waals surface area (Å²) < 4.78 is 0.535. The Hall–Kier alpha value is -0.940. The van der Waals surface area contributed by atoms with Crippen molar-refractivity contribution in [1.29, 1.82) is 0 Å². The van der Waals surface area contributed by atoms with E-state index in [1.807, 2.05) is 6.07 Å². The molecule has 20 heavy (non-hydrogen) atoms. The molecule has 0 bridgehead atoms. The molecule has 0 saturated heterocycles. The Balaban J connectivity index is 1.71. The van der Waals surface area contributed by atoms with Crippen molar-refractivity contribution < 1.29 is 4.92 Å². The van der Waals surface area contributed by atoms with Crippen LogP contribution in [0.1, 0.15) is 44.1 Å². The summed E-state index contributed by atoms with van der Waals surface area (Å²) in [4.78, 5) is 10.5. The number of nitrogens with one attached hydrogen (secondary N) is 1. The van der Waals surface area contributed by atoms with Crippen LogP contribution in [-0.2, 0) is 6.54 Å². The van der Waals surface area contributed by atoms with Gasteiger partial charge in [-0.2, -0.15) is 0 Å². The first-order valence-corrected chi connectivity index (χ1v) is 8.09. The molecule has 5 heteroatoms. The normalized spacial score (nSPS) is 15.7. The zero-order valence-corrected chi connectivity index (χ0v) is 13.2. The smallest absolute Gasteiger partial charge is 0.283 e. The summed E-state index contributed by atoms with van der Waals surface area (Å²) in [6, 6.07) is 5.29. The molecule has 110 valence electrons. The summed E-state index contributed by atoms with van der Waals surface area (Å²) in [6.07, 6.45) is 8.12. The fraction of sp³-hybridized carbons (Fsp3) is 0.600. The van der Waals surface area contributed by atoms with Gasteiger partial charge in [0.1, 0.15) is 0 Å². The maximum Gasteiger partial charge on any atom is 0.283 e. The van der Waals surface area contributed by atoms with Crippen LogP contribution in [0.15, 0.2) is 22.7 Å². The van der Waals surface area contributed by atoms with Gasteiger partial charge in [0, 0.05) is 12.6 Å². The Bertz CT molecular complexity index is 459. The van der Waals surface area contributed by atoms with Crippen molar-refractivity contribution in [3.05, 3.63) is 38.3 Å².